The van der Waals surface area contributed by atoms with Crippen molar-refractivity contribution in [2.75, 3.05) is 0 Å². The van der Waals surface area contributed by atoms with Crippen LogP contribution in [0, 0.1) is 5.82 Å². The van der Waals surface area contributed by atoms with E-state index in [2.05, 4.69) is 10.4 Å². The van der Waals surface area contributed by atoms with Crippen LogP contribution in [0.2, 0.25) is 5.02 Å². The van der Waals surface area contributed by atoms with E-state index in [1.165, 1.54) is 33.2 Å². The van der Waals surface area contributed by atoms with Crippen LogP contribution in [0.25, 0.3) is 16.7 Å². The van der Waals surface area contributed by atoms with Crippen LogP contribution >= 0.6 is 11.6 Å². The summed E-state index contributed by atoms with van der Waals surface area (Å²) in [7, 11) is 0. The van der Waals surface area contributed by atoms with Gasteiger partial charge in [-0.2, -0.15) is 0 Å². The predicted octanol–water partition coefficient (Wildman–Crippen LogP) is 3.59. The van der Waals surface area contributed by atoms with Crippen LogP contribution in [-0.4, -0.2) is 30.7 Å². The van der Waals surface area contributed by atoms with Gasteiger partial charge in [0.25, 0.3) is 11.5 Å². The van der Waals surface area contributed by atoms with Crippen LogP contribution in [0.4, 0.5) is 4.39 Å². The van der Waals surface area contributed by atoms with E-state index in [-0.39, 0.29) is 51.3 Å². The number of nitrogens with one attached hydrogen (secondary N) is 1. The molecule has 34 heavy (non-hydrogen) atoms. The molecule has 0 radical (unpaired) electrons. The van der Waals surface area contributed by atoms with Crippen molar-refractivity contribution in [3.05, 3.63) is 79.2 Å². The summed E-state index contributed by atoms with van der Waals surface area (Å²) in [6.45, 7) is 5.89. The lowest BCUT2D eigenvalue weighted by atomic mass is 10.1. The quantitative estimate of drug-likeness (QED) is 0.433. The Morgan fingerprint density at radius 1 is 1.21 bits per heavy atom. The third-order valence-electron chi connectivity index (χ3n) is 5.85. The summed E-state index contributed by atoms with van der Waals surface area (Å²) < 4.78 is 18.2. The van der Waals surface area contributed by atoms with E-state index >= 15 is 0 Å². The Morgan fingerprint density at radius 2 is 1.97 bits per heavy atom. The molecule has 0 spiro atoms. The number of nitrogens with zero attached hydrogens (tertiary/aromatic N) is 4. The zero-order valence-electron chi connectivity index (χ0n) is 19.1. The molecule has 1 N–H and O–H groups in total. The molecular formula is C24H25ClFN5O3. The van der Waals surface area contributed by atoms with E-state index in [9.17, 15) is 18.8 Å². The smallest absolute Gasteiger partial charge is 0.350 e. The Kier molecular flexibility index (Phi) is 6.56. The van der Waals surface area contributed by atoms with E-state index in [0.717, 1.165) is 11.1 Å². The van der Waals surface area contributed by atoms with Crippen molar-refractivity contribution < 1.29 is 9.18 Å². The average Bonchev–Trinajstić information content (AvgIpc) is 3.14. The van der Waals surface area contributed by atoms with E-state index < -0.39 is 11.5 Å². The van der Waals surface area contributed by atoms with Gasteiger partial charge in [0.1, 0.15) is 5.82 Å². The summed E-state index contributed by atoms with van der Waals surface area (Å²) in [5.41, 5.74) is -0.182. The highest BCUT2D eigenvalue weighted by Gasteiger charge is 2.20. The van der Waals surface area contributed by atoms with E-state index in [4.69, 9.17) is 11.6 Å². The first kappa shape index (κ1) is 23.7. The van der Waals surface area contributed by atoms with Crippen molar-refractivity contribution in [3.63, 3.8) is 0 Å². The van der Waals surface area contributed by atoms with Gasteiger partial charge in [-0.15, -0.1) is 5.10 Å². The van der Waals surface area contributed by atoms with E-state index in [0.29, 0.717) is 18.5 Å². The molecule has 0 saturated heterocycles. The predicted molar refractivity (Wildman–Crippen MR) is 129 cm³/mol. The number of fused-ring (bicyclic) bond motifs is 3. The lowest BCUT2D eigenvalue weighted by molar-refractivity contribution is 0.0939. The monoisotopic (exact) mass is 485 g/mol. The van der Waals surface area contributed by atoms with Crippen LogP contribution in [0.5, 0.6) is 0 Å². The zero-order chi connectivity index (χ0) is 24.6. The Bertz CT molecular complexity index is 1500. The Morgan fingerprint density at radius 3 is 2.65 bits per heavy atom. The van der Waals surface area contributed by atoms with E-state index in [1.807, 2.05) is 20.8 Å². The average molecular weight is 486 g/mol. The van der Waals surface area contributed by atoms with Crippen molar-refractivity contribution >= 4 is 34.2 Å². The van der Waals surface area contributed by atoms with Gasteiger partial charge in [0, 0.05) is 28.7 Å². The Balaban J connectivity index is 1.97. The van der Waals surface area contributed by atoms with Gasteiger partial charge in [-0.3, -0.25) is 14.2 Å². The molecule has 0 aliphatic heterocycles. The number of hydrogen-bond acceptors (Lipinski definition) is 4. The molecule has 0 aliphatic rings. The number of halogens is 2. The molecule has 0 unspecified atom stereocenters. The molecule has 0 bridgehead atoms. The Hall–Kier alpha value is -3.46. The van der Waals surface area contributed by atoms with Crippen LogP contribution in [0.1, 0.15) is 49.5 Å². The summed E-state index contributed by atoms with van der Waals surface area (Å²) in [6.07, 6.45) is 1.40. The number of aromatic nitrogens is 4. The highest BCUT2D eigenvalue weighted by molar-refractivity contribution is 6.31. The van der Waals surface area contributed by atoms with Gasteiger partial charge in [-0.1, -0.05) is 31.5 Å². The van der Waals surface area contributed by atoms with Crippen molar-refractivity contribution in [2.45, 2.75) is 52.7 Å². The fraction of sp³-hybridized carbons (Fsp3) is 0.333. The number of benzene rings is 2. The molecule has 10 heteroatoms. The SMILES string of the molecule is CCCn1c(=O)c2ccc(C(=O)N[C@@H](C)CC)cc2n2c(=O)n(Cc3c(F)cccc3Cl)nc12. The lowest BCUT2D eigenvalue weighted by Gasteiger charge is -2.13. The molecule has 0 fully saturated rings. The van der Waals surface area contributed by atoms with Crippen LogP contribution in [0.3, 0.4) is 0 Å². The normalized spacial score (nSPS) is 12.4. The first-order valence-corrected chi connectivity index (χ1v) is 11.5. The molecule has 0 aliphatic carbocycles. The molecule has 4 aromatic rings. The second-order valence-corrected chi connectivity index (χ2v) is 8.65. The second kappa shape index (κ2) is 9.42. The number of hydrogen-bond donors (Lipinski definition) is 1. The summed E-state index contributed by atoms with van der Waals surface area (Å²) in [6, 6.07) is 8.87. The van der Waals surface area contributed by atoms with Crippen LogP contribution < -0.4 is 16.6 Å². The fourth-order valence-electron chi connectivity index (χ4n) is 3.83. The summed E-state index contributed by atoms with van der Waals surface area (Å²) in [5.74, 6) is -0.742. The lowest BCUT2D eigenvalue weighted by Crippen LogP contribution is -2.32. The van der Waals surface area contributed by atoms with Crippen LogP contribution in [0.15, 0.2) is 46.0 Å². The largest absolute Gasteiger partial charge is 0.352 e. The van der Waals surface area contributed by atoms with Crippen molar-refractivity contribution in [3.8, 4) is 0 Å². The van der Waals surface area contributed by atoms with Crippen molar-refractivity contribution in [2.24, 2.45) is 0 Å². The maximum absolute atomic E-state index is 14.4. The number of carbonyl (C=O) groups is 1. The van der Waals surface area contributed by atoms with Gasteiger partial charge >= 0.3 is 5.69 Å². The molecule has 178 valence electrons. The minimum Gasteiger partial charge on any atom is -0.350 e. The molecule has 1 atom stereocenters. The number of amides is 1. The summed E-state index contributed by atoms with van der Waals surface area (Å²) >= 11 is 6.15. The standard InChI is InChI=1S/C24H25ClFN5O3/c1-4-11-29-22(33)16-10-9-15(21(32)27-14(3)5-2)12-20(16)31-23(29)28-30(24(31)34)13-17-18(25)7-6-8-19(17)26/h6-10,12,14H,4-5,11,13H2,1-3H3,(H,27,32)/t14-/m0/s1. The summed E-state index contributed by atoms with van der Waals surface area (Å²) in [4.78, 5) is 39.4. The van der Waals surface area contributed by atoms with Gasteiger partial charge in [-0.25, -0.2) is 18.3 Å². The highest BCUT2D eigenvalue weighted by Crippen LogP contribution is 2.20. The minimum atomic E-state index is -0.566. The molecule has 1 amide bonds. The fourth-order valence-corrected chi connectivity index (χ4v) is 4.05. The van der Waals surface area contributed by atoms with Gasteiger partial charge < -0.3 is 5.32 Å². The highest BCUT2D eigenvalue weighted by atomic mass is 35.5. The molecule has 8 nitrogen and oxygen atoms in total. The second-order valence-electron chi connectivity index (χ2n) is 8.25. The molecule has 2 aromatic heterocycles. The van der Waals surface area contributed by atoms with Crippen molar-refractivity contribution in [1.82, 2.24) is 24.1 Å². The van der Waals surface area contributed by atoms with Crippen molar-refractivity contribution in [1.29, 1.82) is 0 Å². The maximum Gasteiger partial charge on any atom is 0.352 e. The van der Waals surface area contributed by atoms with Gasteiger partial charge in [0.2, 0.25) is 5.78 Å². The number of rotatable bonds is 7. The van der Waals surface area contributed by atoms with Gasteiger partial charge in [-0.05, 0) is 50.1 Å². The zero-order valence-corrected chi connectivity index (χ0v) is 19.9. The van der Waals surface area contributed by atoms with E-state index in [1.54, 1.807) is 12.1 Å². The molecule has 0 saturated carbocycles. The topological polar surface area (TPSA) is 90.4 Å². The minimum absolute atomic E-state index is 0.0308. The third kappa shape index (κ3) is 4.11. The number of aryl methyl sites for hydroxylation is 1. The van der Waals surface area contributed by atoms with Gasteiger partial charge in [0.05, 0.1) is 17.4 Å². The molecule has 4 rings (SSSR count). The Labute approximate surface area is 199 Å². The first-order chi connectivity index (χ1) is 16.3. The maximum atomic E-state index is 14.4. The van der Waals surface area contributed by atoms with Gasteiger partial charge in [0.15, 0.2) is 0 Å². The molecule has 2 aromatic carbocycles. The van der Waals surface area contributed by atoms with Crippen LogP contribution in [-0.2, 0) is 13.1 Å². The molecular weight excluding hydrogens is 461 g/mol. The third-order valence-corrected chi connectivity index (χ3v) is 6.20. The molecule has 2 heterocycles. The first-order valence-electron chi connectivity index (χ1n) is 11.2. The number of carbonyl (C=O) groups excluding carboxylic acids is 1. The summed E-state index contributed by atoms with van der Waals surface area (Å²) in [5, 5.41) is 7.70.